The van der Waals surface area contributed by atoms with Crippen molar-refractivity contribution in [3.63, 3.8) is 0 Å². The Hall–Kier alpha value is -2.86. The third-order valence-corrected chi connectivity index (χ3v) is 4.38. The molecular weight excluding hydrogens is 364 g/mol. The summed E-state index contributed by atoms with van der Waals surface area (Å²) < 4.78 is 5.43. The second-order valence-electron chi connectivity index (χ2n) is 6.61. The Labute approximate surface area is 173 Å². The second-order valence-corrected chi connectivity index (χ2v) is 6.61. The van der Waals surface area contributed by atoms with Crippen molar-refractivity contribution in [2.75, 3.05) is 26.7 Å². The summed E-state index contributed by atoms with van der Waals surface area (Å²) in [6.45, 7) is 7.55. The Morgan fingerprint density at radius 3 is 2.45 bits per heavy atom. The number of aliphatic imine (C=N–C) groups is 1. The molecule has 0 heterocycles. The number of ether oxygens (including phenoxy) is 1. The van der Waals surface area contributed by atoms with E-state index in [0.29, 0.717) is 18.7 Å². The van der Waals surface area contributed by atoms with E-state index in [4.69, 9.17) is 4.74 Å². The highest BCUT2D eigenvalue weighted by atomic mass is 16.5. The molecule has 0 aliphatic heterocycles. The van der Waals surface area contributed by atoms with Crippen LogP contribution in [0.15, 0.2) is 53.5 Å². The zero-order valence-corrected chi connectivity index (χ0v) is 17.6. The van der Waals surface area contributed by atoms with Gasteiger partial charge in [0.1, 0.15) is 0 Å². The van der Waals surface area contributed by atoms with Gasteiger partial charge in [-0.3, -0.25) is 4.79 Å². The summed E-state index contributed by atoms with van der Waals surface area (Å²) in [4.78, 5) is 16.4. The first-order valence-corrected chi connectivity index (χ1v) is 10.1. The van der Waals surface area contributed by atoms with Gasteiger partial charge in [-0.15, -0.1) is 0 Å². The van der Waals surface area contributed by atoms with Gasteiger partial charge in [-0.1, -0.05) is 36.4 Å². The normalized spacial score (nSPS) is 11.2. The van der Waals surface area contributed by atoms with Gasteiger partial charge in [-0.2, -0.15) is 0 Å². The molecule has 0 spiro atoms. The number of hydrogen-bond donors (Lipinski definition) is 3. The van der Waals surface area contributed by atoms with Crippen molar-refractivity contribution in [1.29, 1.82) is 0 Å². The van der Waals surface area contributed by atoms with Gasteiger partial charge in [0.05, 0.1) is 13.2 Å². The zero-order chi connectivity index (χ0) is 20.9. The van der Waals surface area contributed by atoms with Crippen LogP contribution in [-0.2, 0) is 24.3 Å². The average molecular weight is 397 g/mol. The van der Waals surface area contributed by atoms with Gasteiger partial charge in [0.2, 0.25) is 0 Å². The maximum atomic E-state index is 11.8. The standard InChI is InChI=1S/C23H32N4O2/c1-4-25-23(27-16-19-9-11-20(12-10-19)17-29-5-2)26-14-13-18-7-6-8-21(15-18)22(28)24-3/h6-12,15H,4-5,13-14,16-17H2,1-3H3,(H,24,28)(H2,25,26,27). The Bertz CT molecular complexity index is 788. The van der Waals surface area contributed by atoms with Gasteiger partial charge >= 0.3 is 0 Å². The number of amides is 1. The molecule has 29 heavy (non-hydrogen) atoms. The van der Waals surface area contributed by atoms with Crippen molar-refractivity contribution in [3.8, 4) is 0 Å². The zero-order valence-electron chi connectivity index (χ0n) is 17.6. The Kier molecular flexibility index (Phi) is 9.72. The van der Waals surface area contributed by atoms with Crippen LogP contribution in [0.5, 0.6) is 0 Å². The maximum absolute atomic E-state index is 11.8. The van der Waals surface area contributed by atoms with Crippen molar-refractivity contribution in [1.82, 2.24) is 16.0 Å². The highest BCUT2D eigenvalue weighted by molar-refractivity contribution is 5.94. The molecule has 0 saturated carbocycles. The second kappa shape index (κ2) is 12.6. The van der Waals surface area contributed by atoms with E-state index >= 15 is 0 Å². The minimum atomic E-state index is -0.0676. The molecule has 0 aliphatic carbocycles. The van der Waals surface area contributed by atoms with Crippen molar-refractivity contribution < 1.29 is 9.53 Å². The summed E-state index contributed by atoms with van der Waals surface area (Å²) in [5.74, 6) is 0.718. The fourth-order valence-corrected chi connectivity index (χ4v) is 2.81. The number of nitrogens with zero attached hydrogens (tertiary/aromatic N) is 1. The summed E-state index contributed by atoms with van der Waals surface area (Å²) >= 11 is 0. The fourth-order valence-electron chi connectivity index (χ4n) is 2.81. The van der Waals surface area contributed by atoms with Gasteiger partial charge in [-0.25, -0.2) is 4.99 Å². The summed E-state index contributed by atoms with van der Waals surface area (Å²) in [6, 6.07) is 16.0. The minimum absolute atomic E-state index is 0.0676. The summed E-state index contributed by atoms with van der Waals surface area (Å²) in [5.41, 5.74) is 4.11. The highest BCUT2D eigenvalue weighted by Gasteiger charge is 2.04. The highest BCUT2D eigenvalue weighted by Crippen LogP contribution is 2.08. The topological polar surface area (TPSA) is 74.8 Å². The van der Waals surface area contributed by atoms with E-state index in [0.717, 1.165) is 43.2 Å². The molecule has 2 aromatic rings. The maximum Gasteiger partial charge on any atom is 0.251 e. The van der Waals surface area contributed by atoms with Gasteiger partial charge in [0.25, 0.3) is 5.91 Å². The number of hydrogen-bond acceptors (Lipinski definition) is 3. The molecule has 6 nitrogen and oxygen atoms in total. The van der Waals surface area contributed by atoms with E-state index in [-0.39, 0.29) is 5.91 Å². The van der Waals surface area contributed by atoms with Gasteiger partial charge in [0, 0.05) is 32.3 Å². The van der Waals surface area contributed by atoms with Gasteiger partial charge < -0.3 is 20.7 Å². The summed E-state index contributed by atoms with van der Waals surface area (Å²) in [7, 11) is 1.64. The lowest BCUT2D eigenvalue weighted by molar-refractivity contribution is 0.0963. The average Bonchev–Trinajstić information content (AvgIpc) is 2.76. The van der Waals surface area contributed by atoms with Crippen LogP contribution in [-0.4, -0.2) is 38.6 Å². The number of rotatable bonds is 10. The monoisotopic (exact) mass is 396 g/mol. The molecule has 6 heteroatoms. The van der Waals surface area contributed by atoms with Crippen molar-refractivity contribution >= 4 is 11.9 Å². The van der Waals surface area contributed by atoms with Crippen LogP contribution in [0.2, 0.25) is 0 Å². The van der Waals surface area contributed by atoms with E-state index in [1.807, 2.05) is 38.1 Å². The molecule has 0 bridgehead atoms. The predicted molar refractivity (Wildman–Crippen MR) is 118 cm³/mol. The van der Waals surface area contributed by atoms with Crippen molar-refractivity contribution in [3.05, 3.63) is 70.8 Å². The van der Waals surface area contributed by atoms with Crippen LogP contribution in [0.25, 0.3) is 0 Å². The molecule has 2 aromatic carbocycles. The van der Waals surface area contributed by atoms with E-state index in [1.54, 1.807) is 7.05 Å². The van der Waals surface area contributed by atoms with Crippen LogP contribution in [0.4, 0.5) is 0 Å². The third kappa shape index (κ3) is 7.95. The number of carbonyl (C=O) groups excluding carboxylic acids is 1. The number of guanidine groups is 1. The number of carbonyl (C=O) groups is 1. The molecule has 0 aromatic heterocycles. The Balaban J connectivity index is 1.88. The van der Waals surface area contributed by atoms with Gasteiger partial charge in [-0.05, 0) is 49.1 Å². The predicted octanol–water partition coefficient (Wildman–Crippen LogP) is 2.88. The lowest BCUT2D eigenvalue weighted by Crippen LogP contribution is -2.38. The SMILES string of the molecule is CCNC(=NCc1ccc(COCC)cc1)NCCc1cccc(C(=O)NC)c1. The van der Waals surface area contributed by atoms with E-state index in [9.17, 15) is 4.79 Å². The lowest BCUT2D eigenvalue weighted by atomic mass is 10.1. The fraction of sp³-hybridized carbons (Fsp3) is 0.391. The molecule has 0 unspecified atom stereocenters. The van der Waals surface area contributed by atoms with Crippen LogP contribution >= 0.6 is 0 Å². The molecular formula is C23H32N4O2. The Morgan fingerprint density at radius 2 is 1.76 bits per heavy atom. The third-order valence-electron chi connectivity index (χ3n) is 4.38. The van der Waals surface area contributed by atoms with Crippen LogP contribution in [0.1, 0.15) is 40.9 Å². The smallest absolute Gasteiger partial charge is 0.251 e. The molecule has 3 N–H and O–H groups in total. The van der Waals surface area contributed by atoms with Crippen LogP contribution in [0, 0.1) is 0 Å². The molecule has 0 saturated heterocycles. The summed E-state index contributed by atoms with van der Waals surface area (Å²) in [5, 5.41) is 9.29. The number of nitrogens with one attached hydrogen (secondary N) is 3. The molecule has 0 aliphatic rings. The first-order valence-electron chi connectivity index (χ1n) is 10.1. The molecule has 1 amide bonds. The number of benzene rings is 2. The van der Waals surface area contributed by atoms with E-state index < -0.39 is 0 Å². The van der Waals surface area contributed by atoms with Crippen LogP contribution in [0.3, 0.4) is 0 Å². The molecule has 2 rings (SSSR count). The first-order chi connectivity index (χ1) is 14.2. The molecule has 0 radical (unpaired) electrons. The summed E-state index contributed by atoms with van der Waals surface area (Å²) in [6.07, 6.45) is 0.807. The lowest BCUT2D eigenvalue weighted by Gasteiger charge is -2.12. The molecule has 0 fully saturated rings. The van der Waals surface area contributed by atoms with Crippen molar-refractivity contribution in [2.45, 2.75) is 33.4 Å². The molecule has 156 valence electrons. The van der Waals surface area contributed by atoms with Crippen LogP contribution < -0.4 is 16.0 Å². The largest absolute Gasteiger partial charge is 0.377 e. The van der Waals surface area contributed by atoms with E-state index in [1.165, 1.54) is 5.56 Å². The first kappa shape index (κ1) is 22.4. The quantitative estimate of drug-likeness (QED) is 0.426. The van der Waals surface area contributed by atoms with Gasteiger partial charge in [0.15, 0.2) is 5.96 Å². The Morgan fingerprint density at radius 1 is 1.00 bits per heavy atom. The van der Waals surface area contributed by atoms with Crippen molar-refractivity contribution in [2.24, 2.45) is 4.99 Å². The van der Waals surface area contributed by atoms with E-state index in [2.05, 4.69) is 45.2 Å². The molecule has 0 atom stereocenters. The minimum Gasteiger partial charge on any atom is -0.377 e.